The van der Waals surface area contributed by atoms with Crippen molar-refractivity contribution in [2.24, 2.45) is 0 Å². The molecule has 2 amide bonds. The number of hydrogen-bond acceptors (Lipinski definition) is 10. The fourth-order valence-corrected chi connectivity index (χ4v) is 5.54. The van der Waals surface area contributed by atoms with Crippen LogP contribution in [-0.4, -0.2) is 65.9 Å². The van der Waals surface area contributed by atoms with Gasteiger partial charge >= 0.3 is 24.4 Å². The zero-order chi connectivity index (χ0) is 47.1. The van der Waals surface area contributed by atoms with Crippen LogP contribution in [0.5, 0.6) is 0 Å². The summed E-state index contributed by atoms with van der Waals surface area (Å²) in [5.74, 6) is 4.12. The monoisotopic (exact) mass is 980 g/mol. The van der Waals surface area contributed by atoms with Gasteiger partial charge in [0.1, 0.15) is 34.0 Å². The molecule has 0 saturated carbocycles. The number of ether oxygens (including phenoxy) is 4. The minimum atomic E-state index is -0.794. The number of carbonyl (C=O) groups is 4. The van der Waals surface area contributed by atoms with E-state index in [1.165, 1.54) is 17.0 Å². The second kappa shape index (κ2) is 19.8. The Kier molecular flexibility index (Phi) is 15.5. The number of nitrogens with one attached hydrogen (secondary N) is 2. The summed E-state index contributed by atoms with van der Waals surface area (Å²) in [7, 11) is 0. The van der Waals surface area contributed by atoms with Gasteiger partial charge in [0.05, 0.1) is 23.8 Å². The van der Waals surface area contributed by atoms with Gasteiger partial charge in [-0.15, -0.1) is 0 Å². The maximum Gasteiger partial charge on any atom is 0.421 e. The van der Waals surface area contributed by atoms with Gasteiger partial charge in [-0.25, -0.2) is 47.1 Å². The Balaban J connectivity index is 0.000000288. The SMILES string of the molecule is CC(C)(C)OC(=O)Nc1ncc(-c2ccc(C#Cc3cc(F)cc(F)c3)cc2)n1C(=O)OC(C)(C)C.CC(C)(C)OC(=O)Nc1ncc(-c2ccc(I)cc2)n1C(=O)OC(C)(C)C. The molecule has 2 heterocycles. The Hall–Kier alpha value is -6.29. The number of rotatable bonds is 4. The molecule has 63 heavy (non-hydrogen) atoms. The largest absolute Gasteiger partial charge is 0.444 e. The van der Waals surface area contributed by atoms with Crippen molar-refractivity contribution < 1.29 is 46.9 Å². The van der Waals surface area contributed by atoms with Gasteiger partial charge < -0.3 is 18.9 Å². The molecule has 0 bridgehead atoms. The molecule has 17 heteroatoms. The molecule has 5 aromatic rings. The van der Waals surface area contributed by atoms with Crippen LogP contribution in [0, 0.1) is 27.0 Å². The molecule has 3 aromatic carbocycles. The van der Waals surface area contributed by atoms with Crippen LogP contribution in [0.15, 0.2) is 79.1 Å². The molecule has 14 nitrogen and oxygen atoms in total. The first kappa shape index (κ1) is 49.4. The summed E-state index contributed by atoms with van der Waals surface area (Å²) in [6, 6.07) is 17.4. The van der Waals surface area contributed by atoms with Crippen molar-refractivity contribution in [3.8, 4) is 34.4 Å². The zero-order valence-corrected chi connectivity index (χ0v) is 39.4. The molecule has 5 rings (SSSR count). The molecule has 0 unspecified atom stereocenters. The third kappa shape index (κ3) is 15.8. The summed E-state index contributed by atoms with van der Waals surface area (Å²) in [6.45, 7) is 20.9. The summed E-state index contributed by atoms with van der Waals surface area (Å²) in [5, 5.41) is 5.01. The molecule has 0 aliphatic heterocycles. The standard InChI is InChI=1S/C27H27F2N3O4.C19H24IN3O4/c1-26(2,3)35-24(33)31-23-30-16-22(32(23)25(34)36-27(4,5)6)19-11-9-17(10-12-19)7-8-18-13-20(28)15-21(29)14-18;1-18(2,3)26-16(24)22-15-21-11-14(12-7-9-13(20)10-8-12)23(15)17(25)27-19(4,5)6/h9-16H,1-6H3,(H,30,31,33);7-11H,1-6H3,(H,21,22,24). The molecule has 0 radical (unpaired) electrons. The van der Waals surface area contributed by atoms with E-state index in [1.807, 2.05) is 24.3 Å². The Morgan fingerprint density at radius 2 is 0.889 bits per heavy atom. The minimum absolute atomic E-state index is 0.0343. The average Bonchev–Trinajstić information content (AvgIpc) is 3.72. The van der Waals surface area contributed by atoms with Gasteiger partial charge in [0.25, 0.3) is 0 Å². The summed E-state index contributed by atoms with van der Waals surface area (Å²) in [6.07, 6.45) is 0.0830. The number of anilines is 2. The highest BCUT2D eigenvalue weighted by atomic mass is 127. The normalized spacial score (nSPS) is 11.5. The van der Waals surface area contributed by atoms with Crippen molar-refractivity contribution in [3.05, 3.63) is 105 Å². The molecule has 334 valence electrons. The number of nitrogens with zero attached hydrogens (tertiary/aromatic N) is 4. The number of hydrogen-bond donors (Lipinski definition) is 2. The summed E-state index contributed by atoms with van der Waals surface area (Å²) in [5.41, 5.74) is 0.103. The Bertz CT molecular complexity index is 2490. The van der Waals surface area contributed by atoms with Crippen molar-refractivity contribution >= 4 is 58.9 Å². The van der Waals surface area contributed by atoms with E-state index < -0.39 is 58.4 Å². The number of aromatic nitrogens is 4. The lowest BCUT2D eigenvalue weighted by Gasteiger charge is -2.22. The molecular formula is C46H51F2IN6O8. The maximum atomic E-state index is 13.4. The van der Waals surface area contributed by atoms with E-state index in [-0.39, 0.29) is 17.5 Å². The molecule has 0 aliphatic carbocycles. The van der Waals surface area contributed by atoms with Gasteiger partial charge in [0.2, 0.25) is 11.9 Å². The van der Waals surface area contributed by atoms with Crippen LogP contribution < -0.4 is 10.6 Å². The van der Waals surface area contributed by atoms with Gasteiger partial charge in [0, 0.05) is 31.9 Å². The molecule has 0 saturated heterocycles. The van der Waals surface area contributed by atoms with Crippen LogP contribution in [0.2, 0.25) is 0 Å². The summed E-state index contributed by atoms with van der Waals surface area (Å²) < 4.78 is 51.7. The first-order chi connectivity index (χ1) is 29.1. The fraction of sp³-hybridized carbons (Fsp3) is 0.348. The quantitative estimate of drug-likeness (QED) is 0.101. The van der Waals surface area contributed by atoms with Crippen LogP contribution in [0.4, 0.5) is 39.9 Å². The maximum absolute atomic E-state index is 13.4. The molecular weight excluding hydrogens is 929 g/mol. The predicted molar refractivity (Wildman–Crippen MR) is 243 cm³/mol. The van der Waals surface area contributed by atoms with E-state index in [9.17, 15) is 28.0 Å². The van der Waals surface area contributed by atoms with Crippen molar-refractivity contribution in [1.82, 2.24) is 19.1 Å². The Labute approximate surface area is 379 Å². The van der Waals surface area contributed by atoms with Crippen LogP contribution in [-0.2, 0) is 18.9 Å². The molecule has 0 fully saturated rings. The third-order valence-electron chi connectivity index (χ3n) is 7.44. The lowest BCUT2D eigenvalue weighted by molar-refractivity contribution is 0.0526. The minimum Gasteiger partial charge on any atom is -0.444 e. The third-order valence-corrected chi connectivity index (χ3v) is 8.15. The first-order valence-corrected chi connectivity index (χ1v) is 20.6. The zero-order valence-electron chi connectivity index (χ0n) is 37.2. The van der Waals surface area contributed by atoms with Gasteiger partial charge in [-0.3, -0.25) is 10.6 Å². The topological polar surface area (TPSA) is 165 Å². The highest BCUT2D eigenvalue weighted by Crippen LogP contribution is 2.28. The number of carbonyl (C=O) groups excluding carboxylic acids is 4. The lowest BCUT2D eigenvalue weighted by atomic mass is 10.1. The molecule has 2 N–H and O–H groups in total. The molecule has 0 aliphatic rings. The Morgan fingerprint density at radius 3 is 1.25 bits per heavy atom. The number of benzene rings is 3. The number of halogens is 3. The van der Waals surface area contributed by atoms with Crippen LogP contribution in [0.3, 0.4) is 0 Å². The molecule has 2 aromatic heterocycles. The van der Waals surface area contributed by atoms with E-state index in [0.29, 0.717) is 22.5 Å². The number of amides is 2. The molecule has 0 spiro atoms. The van der Waals surface area contributed by atoms with Gasteiger partial charge in [0.15, 0.2) is 0 Å². The number of imidazole rings is 2. The van der Waals surface area contributed by atoms with Crippen LogP contribution >= 0.6 is 22.6 Å². The second-order valence-corrected chi connectivity index (χ2v) is 19.1. The molecule has 0 atom stereocenters. The predicted octanol–water partition coefficient (Wildman–Crippen LogP) is 11.6. The van der Waals surface area contributed by atoms with Crippen molar-refractivity contribution in [2.45, 2.75) is 105 Å². The summed E-state index contributed by atoms with van der Waals surface area (Å²) >= 11 is 2.20. The van der Waals surface area contributed by atoms with Crippen LogP contribution in [0.1, 0.15) is 94.2 Å². The van der Waals surface area contributed by atoms with E-state index in [2.05, 4.69) is 55.0 Å². The van der Waals surface area contributed by atoms with Gasteiger partial charge in [-0.1, -0.05) is 36.1 Å². The van der Waals surface area contributed by atoms with E-state index >= 15 is 0 Å². The fourth-order valence-electron chi connectivity index (χ4n) is 5.18. The lowest BCUT2D eigenvalue weighted by Crippen LogP contribution is -2.31. The van der Waals surface area contributed by atoms with E-state index in [4.69, 9.17) is 18.9 Å². The summed E-state index contributed by atoms with van der Waals surface area (Å²) in [4.78, 5) is 58.6. The van der Waals surface area contributed by atoms with Gasteiger partial charge in [-0.05, 0) is 142 Å². The highest BCUT2D eigenvalue weighted by Gasteiger charge is 2.28. The van der Waals surface area contributed by atoms with Crippen molar-refractivity contribution in [2.75, 3.05) is 10.6 Å². The first-order valence-electron chi connectivity index (χ1n) is 19.5. The average molecular weight is 981 g/mol. The second-order valence-electron chi connectivity index (χ2n) is 17.8. The van der Waals surface area contributed by atoms with Crippen molar-refractivity contribution in [1.29, 1.82) is 0 Å². The Morgan fingerprint density at radius 1 is 0.540 bits per heavy atom. The van der Waals surface area contributed by atoms with E-state index in [0.717, 1.165) is 31.9 Å². The van der Waals surface area contributed by atoms with Crippen LogP contribution in [0.25, 0.3) is 22.5 Å². The van der Waals surface area contributed by atoms with Gasteiger partial charge in [-0.2, -0.15) is 0 Å². The van der Waals surface area contributed by atoms with Crippen molar-refractivity contribution in [3.63, 3.8) is 0 Å². The smallest absolute Gasteiger partial charge is 0.421 e. The van der Waals surface area contributed by atoms with E-state index in [1.54, 1.807) is 107 Å². The highest BCUT2D eigenvalue weighted by molar-refractivity contribution is 14.1.